The number of hydrogen-bond acceptors (Lipinski definition) is 7. The van der Waals surface area contributed by atoms with Gasteiger partial charge in [0.1, 0.15) is 0 Å². The maximum Gasteiger partial charge on any atom is 0.278 e. The van der Waals surface area contributed by atoms with Crippen LogP contribution < -0.4 is 16.0 Å². The van der Waals surface area contributed by atoms with Crippen LogP contribution in [0.5, 0.6) is 0 Å². The molecule has 4 rings (SSSR count). The van der Waals surface area contributed by atoms with E-state index in [-0.39, 0.29) is 11.5 Å². The number of anilines is 3. The van der Waals surface area contributed by atoms with Crippen molar-refractivity contribution in [1.29, 1.82) is 0 Å². The lowest BCUT2D eigenvalue weighted by atomic mass is 10.1. The molecule has 0 unspecified atom stereocenters. The highest BCUT2D eigenvalue weighted by Gasteiger charge is 2.20. The van der Waals surface area contributed by atoms with Crippen LogP contribution in [0.25, 0.3) is 11.3 Å². The quantitative estimate of drug-likeness (QED) is 0.633. The fourth-order valence-electron chi connectivity index (χ4n) is 3.11. The molecule has 3 heterocycles. The van der Waals surface area contributed by atoms with Crippen molar-refractivity contribution in [3.8, 4) is 11.3 Å². The predicted octanol–water partition coefficient (Wildman–Crippen LogP) is 3.52. The molecule has 0 bridgehead atoms. The van der Waals surface area contributed by atoms with Gasteiger partial charge in [-0.2, -0.15) is 0 Å². The van der Waals surface area contributed by atoms with Crippen LogP contribution in [0.3, 0.4) is 0 Å². The van der Waals surface area contributed by atoms with Crippen LogP contribution in [0.4, 0.5) is 17.2 Å². The smallest absolute Gasteiger partial charge is 0.278 e. The molecule has 0 atom stereocenters. The van der Waals surface area contributed by atoms with Crippen molar-refractivity contribution < 1.29 is 9.53 Å². The molecule has 1 aliphatic heterocycles. The topological polar surface area (TPSA) is 106 Å². The summed E-state index contributed by atoms with van der Waals surface area (Å²) >= 11 is 12.1. The molecule has 1 aliphatic rings. The molecule has 0 aliphatic carbocycles. The Morgan fingerprint density at radius 2 is 1.93 bits per heavy atom. The third kappa shape index (κ3) is 4.30. The minimum atomic E-state index is -0.482. The first-order valence-electron chi connectivity index (χ1n) is 9.19. The Hall–Kier alpha value is -2.94. The number of aromatic nitrogens is 3. The molecule has 1 saturated heterocycles. The van der Waals surface area contributed by atoms with Crippen molar-refractivity contribution in [2.45, 2.75) is 0 Å². The van der Waals surface area contributed by atoms with Crippen LogP contribution in [-0.4, -0.2) is 47.2 Å². The van der Waals surface area contributed by atoms with Gasteiger partial charge in [0.2, 0.25) is 0 Å². The highest BCUT2D eigenvalue weighted by molar-refractivity contribution is 6.42. The first-order chi connectivity index (χ1) is 14.5. The Labute approximate surface area is 183 Å². The first-order valence-corrected chi connectivity index (χ1v) is 9.94. The molecule has 3 N–H and O–H groups in total. The van der Waals surface area contributed by atoms with Gasteiger partial charge in [0.15, 0.2) is 11.5 Å². The average Bonchev–Trinajstić information content (AvgIpc) is 2.77. The SMILES string of the molecule is Nc1ncc(-c2ccc(Cl)c(Cl)c2)nc1C(=O)Nc1cnccc1N1CCOCC1. The second-order valence-electron chi connectivity index (χ2n) is 6.56. The van der Waals surface area contributed by atoms with E-state index >= 15 is 0 Å². The number of morpholine rings is 1. The minimum Gasteiger partial charge on any atom is -0.382 e. The lowest BCUT2D eigenvalue weighted by Crippen LogP contribution is -2.36. The summed E-state index contributed by atoms with van der Waals surface area (Å²) in [5.74, 6) is -0.461. The van der Waals surface area contributed by atoms with Crippen molar-refractivity contribution in [3.63, 3.8) is 0 Å². The number of halogens is 2. The zero-order valence-corrected chi connectivity index (χ0v) is 17.3. The molecule has 0 radical (unpaired) electrons. The molecule has 2 aromatic heterocycles. The summed E-state index contributed by atoms with van der Waals surface area (Å²) in [6, 6.07) is 6.90. The highest BCUT2D eigenvalue weighted by Crippen LogP contribution is 2.29. The number of ether oxygens (including phenoxy) is 1. The summed E-state index contributed by atoms with van der Waals surface area (Å²) in [5.41, 5.74) is 8.48. The van der Waals surface area contributed by atoms with Gasteiger partial charge in [0.25, 0.3) is 5.91 Å². The number of nitrogens with two attached hydrogens (primary N) is 1. The number of nitrogens with one attached hydrogen (secondary N) is 1. The zero-order chi connectivity index (χ0) is 21.1. The molecule has 0 spiro atoms. The number of hydrogen-bond donors (Lipinski definition) is 2. The molecule has 1 amide bonds. The van der Waals surface area contributed by atoms with Crippen molar-refractivity contribution in [2.75, 3.05) is 42.3 Å². The van der Waals surface area contributed by atoms with E-state index in [1.807, 2.05) is 6.07 Å². The summed E-state index contributed by atoms with van der Waals surface area (Å²) in [7, 11) is 0. The zero-order valence-electron chi connectivity index (χ0n) is 15.8. The van der Waals surface area contributed by atoms with Gasteiger partial charge in [0, 0.05) is 24.8 Å². The number of nitrogen functional groups attached to an aromatic ring is 1. The minimum absolute atomic E-state index is 0.00959. The molecule has 3 aromatic rings. The number of rotatable bonds is 4. The van der Waals surface area contributed by atoms with Crippen molar-refractivity contribution in [1.82, 2.24) is 15.0 Å². The Balaban J connectivity index is 1.62. The fourth-order valence-corrected chi connectivity index (χ4v) is 3.40. The molecule has 1 aromatic carbocycles. The number of carbonyl (C=O) groups is 1. The van der Waals surface area contributed by atoms with Crippen molar-refractivity contribution in [2.24, 2.45) is 0 Å². The Morgan fingerprint density at radius 3 is 2.70 bits per heavy atom. The molecule has 154 valence electrons. The Morgan fingerprint density at radius 1 is 1.13 bits per heavy atom. The van der Waals surface area contributed by atoms with E-state index in [0.717, 1.165) is 18.8 Å². The van der Waals surface area contributed by atoms with Crippen molar-refractivity contribution in [3.05, 3.63) is 58.6 Å². The van der Waals surface area contributed by atoms with Gasteiger partial charge in [-0.3, -0.25) is 9.78 Å². The largest absolute Gasteiger partial charge is 0.382 e. The van der Waals surface area contributed by atoms with E-state index in [2.05, 4.69) is 25.2 Å². The number of nitrogens with zero attached hydrogens (tertiary/aromatic N) is 4. The first kappa shape index (κ1) is 20.3. The summed E-state index contributed by atoms with van der Waals surface area (Å²) in [6.07, 6.45) is 4.75. The summed E-state index contributed by atoms with van der Waals surface area (Å²) in [6.45, 7) is 2.70. The third-order valence-electron chi connectivity index (χ3n) is 4.63. The van der Waals surface area contributed by atoms with Gasteiger partial charge in [-0.25, -0.2) is 9.97 Å². The molecular formula is C20H18Cl2N6O2. The lowest BCUT2D eigenvalue weighted by molar-refractivity contribution is 0.102. The van der Waals surface area contributed by atoms with Crippen LogP contribution in [0.2, 0.25) is 10.0 Å². The summed E-state index contributed by atoms with van der Waals surface area (Å²) in [4.78, 5) is 27.7. The van der Waals surface area contributed by atoms with E-state index in [4.69, 9.17) is 33.7 Å². The van der Waals surface area contributed by atoms with Crippen LogP contribution in [0.1, 0.15) is 10.5 Å². The van der Waals surface area contributed by atoms with E-state index in [9.17, 15) is 4.79 Å². The second kappa shape index (κ2) is 8.83. The van der Waals surface area contributed by atoms with Crippen LogP contribution in [0, 0.1) is 0 Å². The van der Waals surface area contributed by atoms with Crippen LogP contribution >= 0.6 is 23.2 Å². The molecule has 0 saturated carbocycles. The molecular weight excluding hydrogens is 427 g/mol. The summed E-state index contributed by atoms with van der Waals surface area (Å²) < 4.78 is 5.40. The number of amides is 1. The van der Waals surface area contributed by atoms with Gasteiger partial charge in [-0.1, -0.05) is 29.3 Å². The second-order valence-corrected chi connectivity index (χ2v) is 7.38. The molecule has 10 heteroatoms. The molecule has 8 nitrogen and oxygen atoms in total. The standard InChI is InChI=1S/C20H18Cl2N6O2/c21-13-2-1-12(9-14(13)22)15-11-25-19(23)18(26-15)20(29)27-16-10-24-4-3-17(16)28-5-7-30-8-6-28/h1-4,9-11H,5-8H2,(H2,23,25)(H,27,29). The summed E-state index contributed by atoms with van der Waals surface area (Å²) in [5, 5.41) is 3.65. The average molecular weight is 445 g/mol. The number of pyridine rings is 1. The van der Waals surface area contributed by atoms with Gasteiger partial charge >= 0.3 is 0 Å². The monoisotopic (exact) mass is 444 g/mol. The van der Waals surface area contributed by atoms with Crippen LogP contribution in [0.15, 0.2) is 42.9 Å². The van der Waals surface area contributed by atoms with E-state index in [0.29, 0.717) is 40.2 Å². The van der Waals surface area contributed by atoms with Gasteiger partial charge in [-0.05, 0) is 18.2 Å². The number of benzene rings is 1. The maximum absolute atomic E-state index is 13.0. The van der Waals surface area contributed by atoms with Gasteiger partial charge in [-0.15, -0.1) is 0 Å². The van der Waals surface area contributed by atoms with E-state index < -0.39 is 5.91 Å². The molecule has 1 fully saturated rings. The fraction of sp³-hybridized carbons (Fsp3) is 0.200. The Bertz CT molecular complexity index is 1090. The van der Waals surface area contributed by atoms with Crippen LogP contribution in [-0.2, 0) is 4.74 Å². The number of carbonyl (C=O) groups excluding carboxylic acids is 1. The van der Waals surface area contributed by atoms with E-state index in [1.165, 1.54) is 6.20 Å². The third-order valence-corrected chi connectivity index (χ3v) is 5.37. The maximum atomic E-state index is 13.0. The lowest BCUT2D eigenvalue weighted by Gasteiger charge is -2.30. The van der Waals surface area contributed by atoms with E-state index in [1.54, 1.807) is 30.6 Å². The Kier molecular flexibility index (Phi) is 5.98. The molecule has 30 heavy (non-hydrogen) atoms. The normalized spacial score (nSPS) is 13.9. The predicted molar refractivity (Wildman–Crippen MR) is 117 cm³/mol. The van der Waals surface area contributed by atoms with Gasteiger partial charge in [0.05, 0.1) is 52.7 Å². The van der Waals surface area contributed by atoms with Gasteiger partial charge < -0.3 is 20.7 Å². The van der Waals surface area contributed by atoms with Crippen molar-refractivity contribution >= 4 is 46.3 Å². The highest BCUT2D eigenvalue weighted by atomic mass is 35.5.